The van der Waals surface area contributed by atoms with E-state index in [1.807, 2.05) is 12.3 Å². The molecule has 0 saturated carbocycles. The van der Waals surface area contributed by atoms with E-state index in [1.54, 1.807) is 0 Å². The van der Waals surface area contributed by atoms with Crippen molar-refractivity contribution in [2.45, 2.75) is 0 Å². The Labute approximate surface area is 45.8 Å². The Morgan fingerprint density at radius 1 is 1.50 bits per heavy atom. The van der Waals surface area contributed by atoms with Crippen molar-refractivity contribution in [1.82, 2.24) is 4.98 Å². The maximum Gasteiger partial charge on any atom is 0.152 e. The highest BCUT2D eigenvalue weighted by molar-refractivity contribution is 4.90. The highest BCUT2D eigenvalue weighted by Crippen LogP contribution is 1.73. The van der Waals surface area contributed by atoms with Crippen LogP contribution >= 0.6 is 0 Å². The minimum atomic E-state index is 0.599. The van der Waals surface area contributed by atoms with Crippen LogP contribution in [0.3, 0.4) is 0 Å². The molecule has 3 heteroatoms. The number of fused-ring (bicyclic) bond motifs is 1. The number of hydrogen-bond donors (Lipinski definition) is 1. The second-order valence-electron chi connectivity index (χ2n) is 1.67. The first-order valence-corrected chi connectivity index (χ1v) is 2.49. The summed E-state index contributed by atoms with van der Waals surface area (Å²) in [5, 5.41) is 0.991. The van der Waals surface area contributed by atoms with E-state index in [0.717, 1.165) is 10.8 Å². The predicted octanol–water partition coefficient (Wildman–Crippen LogP) is -0.775. The Bertz CT molecular complexity index is 267. The topological polar surface area (TPSA) is 40.5 Å². The van der Waals surface area contributed by atoms with Gasteiger partial charge in [0.05, 0.1) is 0 Å². The lowest BCUT2D eigenvalue weighted by molar-refractivity contribution is 1.03. The van der Waals surface area contributed by atoms with Crippen LogP contribution in [0, 0.1) is 0 Å². The molecule has 1 N–H and O–H groups in total. The van der Waals surface area contributed by atoms with Gasteiger partial charge in [-0.2, -0.15) is 0 Å². The molecule has 2 heterocycles. The fourth-order valence-corrected chi connectivity index (χ4v) is 0.789. The van der Waals surface area contributed by atoms with Crippen molar-refractivity contribution in [3.05, 3.63) is 23.1 Å². The van der Waals surface area contributed by atoms with E-state index in [0.29, 0.717) is 6.67 Å². The monoisotopic (exact) mass is 107 g/mol. The molecule has 0 saturated heterocycles. The Balaban J connectivity index is 3.08. The third kappa shape index (κ3) is 0.332. The molecule has 0 unspecified atom stereocenters. The molecule has 0 fully saturated rings. The lowest BCUT2D eigenvalue weighted by atomic mass is 10.6. The smallest absolute Gasteiger partial charge is 0.152 e. The van der Waals surface area contributed by atoms with Crippen molar-refractivity contribution in [3.8, 4) is 0 Å². The van der Waals surface area contributed by atoms with E-state index in [9.17, 15) is 0 Å². The van der Waals surface area contributed by atoms with Crippen LogP contribution in [-0.2, 0) is 0 Å². The molecule has 1 aromatic heterocycles. The molecule has 1 aliphatic rings. The number of aromatic amines is 1. The molecule has 0 amide bonds. The van der Waals surface area contributed by atoms with Gasteiger partial charge in [0, 0.05) is 6.20 Å². The lowest BCUT2D eigenvalue weighted by Gasteiger charge is -1.67. The maximum absolute atomic E-state index is 4.06. The summed E-state index contributed by atoms with van der Waals surface area (Å²) >= 11 is 0. The highest BCUT2D eigenvalue weighted by Gasteiger charge is 1.91. The van der Waals surface area contributed by atoms with E-state index < -0.39 is 0 Å². The van der Waals surface area contributed by atoms with E-state index in [-0.39, 0.29) is 0 Å². The summed E-state index contributed by atoms with van der Waals surface area (Å²) in [4.78, 5) is 11.1. The predicted molar refractivity (Wildman–Crippen MR) is 28.0 cm³/mol. The van der Waals surface area contributed by atoms with Gasteiger partial charge in [-0.3, -0.25) is 4.99 Å². The Morgan fingerprint density at radius 2 is 2.50 bits per heavy atom. The Morgan fingerprint density at radius 3 is 3.38 bits per heavy atom. The zero-order chi connectivity index (χ0) is 5.40. The van der Waals surface area contributed by atoms with Gasteiger partial charge in [0.25, 0.3) is 0 Å². The van der Waals surface area contributed by atoms with E-state index >= 15 is 0 Å². The second kappa shape index (κ2) is 1.18. The molecule has 0 bridgehead atoms. The number of H-pyrrole nitrogens is 1. The van der Waals surface area contributed by atoms with Crippen molar-refractivity contribution in [2.24, 2.45) is 9.98 Å². The average molecular weight is 107 g/mol. The van der Waals surface area contributed by atoms with Crippen molar-refractivity contribution in [2.75, 3.05) is 6.67 Å². The highest BCUT2D eigenvalue weighted by atomic mass is 15.0. The summed E-state index contributed by atoms with van der Waals surface area (Å²) < 4.78 is 0. The minimum Gasteiger partial charge on any atom is -0.345 e. The molecular formula is C5H5N3. The van der Waals surface area contributed by atoms with Crippen molar-refractivity contribution in [1.29, 1.82) is 0 Å². The van der Waals surface area contributed by atoms with Crippen molar-refractivity contribution in [3.63, 3.8) is 0 Å². The first kappa shape index (κ1) is 3.83. The lowest BCUT2D eigenvalue weighted by Crippen LogP contribution is -2.17. The van der Waals surface area contributed by atoms with Crippen LogP contribution in [0.1, 0.15) is 0 Å². The molecular weight excluding hydrogens is 102 g/mol. The number of rotatable bonds is 0. The maximum atomic E-state index is 4.06. The summed E-state index contributed by atoms with van der Waals surface area (Å²) in [5.74, 6) is 0. The zero-order valence-electron chi connectivity index (χ0n) is 4.26. The number of aromatic nitrogens is 1. The third-order valence-corrected chi connectivity index (χ3v) is 1.17. The normalized spacial score (nSPS) is 14.5. The van der Waals surface area contributed by atoms with Crippen LogP contribution in [-0.4, -0.2) is 11.7 Å². The van der Waals surface area contributed by atoms with E-state index in [2.05, 4.69) is 15.0 Å². The molecule has 40 valence electrons. The third-order valence-electron chi connectivity index (χ3n) is 1.17. The SMILES string of the molecule is c1cc2c([nH]1)=NCN=2. The number of nitrogens with zero attached hydrogens (tertiary/aromatic N) is 2. The first-order valence-electron chi connectivity index (χ1n) is 2.49. The molecule has 0 spiro atoms. The first-order chi connectivity index (χ1) is 3.97. The average Bonchev–Trinajstić information content (AvgIpc) is 2.15. The molecule has 0 aromatic carbocycles. The fraction of sp³-hybridized carbons (Fsp3) is 0.200. The van der Waals surface area contributed by atoms with Gasteiger partial charge < -0.3 is 4.98 Å². The van der Waals surface area contributed by atoms with Gasteiger partial charge in [-0.15, -0.1) is 0 Å². The minimum absolute atomic E-state index is 0.599. The van der Waals surface area contributed by atoms with Crippen LogP contribution in [0.4, 0.5) is 0 Å². The quantitative estimate of drug-likeness (QED) is 0.452. The van der Waals surface area contributed by atoms with E-state index in [1.165, 1.54) is 0 Å². The molecule has 8 heavy (non-hydrogen) atoms. The van der Waals surface area contributed by atoms with Gasteiger partial charge >= 0.3 is 0 Å². The summed E-state index contributed by atoms with van der Waals surface area (Å²) in [6.45, 7) is 0.599. The largest absolute Gasteiger partial charge is 0.345 e. The molecule has 2 rings (SSSR count). The molecule has 0 aliphatic carbocycles. The standard InChI is InChI=1S/C5H5N3/c1-2-6-5-4(1)7-3-8-5/h1-2H,3H2,(H,6,8). The van der Waals surface area contributed by atoms with Crippen LogP contribution in [0.2, 0.25) is 0 Å². The Hall–Kier alpha value is -1.12. The molecule has 1 aromatic rings. The van der Waals surface area contributed by atoms with Gasteiger partial charge in [-0.05, 0) is 6.07 Å². The van der Waals surface area contributed by atoms with Crippen LogP contribution in [0.15, 0.2) is 22.2 Å². The molecule has 1 aliphatic heterocycles. The number of nitrogens with one attached hydrogen (secondary N) is 1. The van der Waals surface area contributed by atoms with Crippen LogP contribution in [0.25, 0.3) is 0 Å². The van der Waals surface area contributed by atoms with Crippen LogP contribution in [0.5, 0.6) is 0 Å². The molecule has 0 atom stereocenters. The molecule has 3 nitrogen and oxygen atoms in total. The second-order valence-corrected chi connectivity index (χ2v) is 1.67. The van der Waals surface area contributed by atoms with Gasteiger partial charge in [-0.25, -0.2) is 4.99 Å². The zero-order valence-corrected chi connectivity index (χ0v) is 4.26. The Kier molecular flexibility index (Phi) is 0.566. The summed E-state index contributed by atoms with van der Waals surface area (Å²) in [6.07, 6.45) is 1.84. The molecule has 0 radical (unpaired) electrons. The van der Waals surface area contributed by atoms with Crippen molar-refractivity contribution >= 4 is 0 Å². The van der Waals surface area contributed by atoms with E-state index in [4.69, 9.17) is 0 Å². The van der Waals surface area contributed by atoms with Gasteiger partial charge in [-0.1, -0.05) is 0 Å². The summed E-state index contributed by atoms with van der Waals surface area (Å²) in [6, 6.07) is 1.92. The van der Waals surface area contributed by atoms with Crippen molar-refractivity contribution < 1.29 is 0 Å². The summed E-state index contributed by atoms with van der Waals surface area (Å²) in [7, 11) is 0. The van der Waals surface area contributed by atoms with Crippen LogP contribution < -0.4 is 10.8 Å². The van der Waals surface area contributed by atoms with Gasteiger partial charge in [0.15, 0.2) is 5.49 Å². The fourth-order valence-electron chi connectivity index (χ4n) is 0.789. The van der Waals surface area contributed by atoms with Gasteiger partial charge in [0.2, 0.25) is 0 Å². The van der Waals surface area contributed by atoms with Gasteiger partial charge in [0.1, 0.15) is 12.0 Å². The summed E-state index contributed by atoms with van der Waals surface area (Å²) in [5.41, 5.74) is 0.921. The number of hydrogen-bond acceptors (Lipinski definition) is 2.